The van der Waals surface area contributed by atoms with Crippen molar-refractivity contribution in [1.29, 1.82) is 0 Å². The summed E-state index contributed by atoms with van der Waals surface area (Å²) in [5.41, 5.74) is 1.27. The van der Waals surface area contributed by atoms with Gasteiger partial charge in [-0.05, 0) is 37.4 Å². The van der Waals surface area contributed by atoms with Crippen molar-refractivity contribution in [2.75, 3.05) is 19.8 Å². The molecular weight excluding hydrogens is 202 g/mol. The standard InChI is InChI=1S/C13H17NO2/c1-3-10(9-11-4-2-6-14-11)13-12(5-1)15-7-8-16-13/h1,3,5,11,14H,2,4,6-9H2. The van der Waals surface area contributed by atoms with E-state index >= 15 is 0 Å². The zero-order valence-electron chi connectivity index (χ0n) is 9.37. The van der Waals surface area contributed by atoms with Crippen LogP contribution in [0.15, 0.2) is 18.2 Å². The maximum atomic E-state index is 5.71. The Hall–Kier alpha value is -1.22. The highest BCUT2D eigenvalue weighted by atomic mass is 16.6. The van der Waals surface area contributed by atoms with E-state index in [0.29, 0.717) is 19.3 Å². The lowest BCUT2D eigenvalue weighted by molar-refractivity contribution is 0.169. The lowest BCUT2D eigenvalue weighted by Crippen LogP contribution is -2.24. The van der Waals surface area contributed by atoms with E-state index < -0.39 is 0 Å². The zero-order valence-corrected chi connectivity index (χ0v) is 9.37. The minimum absolute atomic E-state index is 0.608. The maximum Gasteiger partial charge on any atom is 0.164 e. The Morgan fingerprint density at radius 2 is 2.19 bits per heavy atom. The van der Waals surface area contributed by atoms with E-state index in [-0.39, 0.29) is 0 Å². The topological polar surface area (TPSA) is 30.5 Å². The normalized spacial score (nSPS) is 23.4. The first-order valence-electron chi connectivity index (χ1n) is 6.04. The van der Waals surface area contributed by atoms with E-state index in [0.717, 1.165) is 24.5 Å². The molecule has 0 bridgehead atoms. The highest BCUT2D eigenvalue weighted by Crippen LogP contribution is 2.34. The molecule has 0 aliphatic carbocycles. The van der Waals surface area contributed by atoms with Crippen molar-refractivity contribution in [2.45, 2.75) is 25.3 Å². The van der Waals surface area contributed by atoms with Gasteiger partial charge in [0.05, 0.1) is 0 Å². The first-order valence-corrected chi connectivity index (χ1v) is 6.04. The fraction of sp³-hybridized carbons (Fsp3) is 0.538. The van der Waals surface area contributed by atoms with Crippen LogP contribution in [0.3, 0.4) is 0 Å². The Morgan fingerprint density at radius 3 is 3.06 bits per heavy atom. The molecule has 1 aromatic carbocycles. The van der Waals surface area contributed by atoms with Gasteiger partial charge in [-0.2, -0.15) is 0 Å². The Morgan fingerprint density at radius 1 is 1.25 bits per heavy atom. The van der Waals surface area contributed by atoms with Gasteiger partial charge in [-0.3, -0.25) is 0 Å². The zero-order chi connectivity index (χ0) is 10.8. The molecule has 0 radical (unpaired) electrons. The van der Waals surface area contributed by atoms with Gasteiger partial charge in [-0.15, -0.1) is 0 Å². The van der Waals surface area contributed by atoms with Crippen molar-refractivity contribution in [3.05, 3.63) is 23.8 Å². The third-order valence-electron chi connectivity index (χ3n) is 3.28. The predicted molar refractivity (Wildman–Crippen MR) is 62.2 cm³/mol. The Labute approximate surface area is 95.8 Å². The number of rotatable bonds is 2. The highest BCUT2D eigenvalue weighted by molar-refractivity contribution is 5.47. The molecule has 2 aliphatic heterocycles. The fourth-order valence-electron chi connectivity index (χ4n) is 2.49. The first kappa shape index (κ1) is 9.97. The molecule has 2 heterocycles. The minimum Gasteiger partial charge on any atom is -0.486 e. The molecule has 3 heteroatoms. The number of fused-ring (bicyclic) bond motifs is 1. The van der Waals surface area contributed by atoms with Crippen molar-refractivity contribution >= 4 is 0 Å². The van der Waals surface area contributed by atoms with Crippen molar-refractivity contribution in [1.82, 2.24) is 5.32 Å². The molecule has 1 atom stereocenters. The van der Waals surface area contributed by atoms with Gasteiger partial charge >= 0.3 is 0 Å². The molecule has 0 amide bonds. The largest absolute Gasteiger partial charge is 0.486 e. The average molecular weight is 219 g/mol. The third-order valence-corrected chi connectivity index (χ3v) is 3.28. The van der Waals surface area contributed by atoms with Gasteiger partial charge in [0.25, 0.3) is 0 Å². The quantitative estimate of drug-likeness (QED) is 0.822. The van der Waals surface area contributed by atoms with Gasteiger partial charge < -0.3 is 14.8 Å². The molecule has 3 nitrogen and oxygen atoms in total. The summed E-state index contributed by atoms with van der Waals surface area (Å²) in [7, 11) is 0. The van der Waals surface area contributed by atoms with E-state index in [2.05, 4.69) is 17.4 Å². The Bertz CT molecular complexity index is 372. The maximum absolute atomic E-state index is 5.71. The van der Waals surface area contributed by atoms with Crippen LogP contribution in [0.5, 0.6) is 11.5 Å². The summed E-state index contributed by atoms with van der Waals surface area (Å²) in [6, 6.07) is 6.79. The number of hydrogen-bond donors (Lipinski definition) is 1. The SMILES string of the molecule is c1cc(CC2CCCN2)c2c(c1)OCCO2. The molecule has 1 unspecified atom stereocenters. The number of nitrogens with one attached hydrogen (secondary N) is 1. The smallest absolute Gasteiger partial charge is 0.164 e. The van der Waals surface area contributed by atoms with Crippen LogP contribution in [0.1, 0.15) is 18.4 Å². The summed E-state index contributed by atoms with van der Waals surface area (Å²) in [6.45, 7) is 2.48. The molecule has 2 aliphatic rings. The van der Waals surface area contributed by atoms with Crippen LogP contribution in [-0.4, -0.2) is 25.8 Å². The molecule has 1 aromatic rings. The first-order chi connectivity index (χ1) is 7.93. The summed E-state index contributed by atoms with van der Waals surface area (Å²) in [6.07, 6.45) is 3.61. The van der Waals surface area contributed by atoms with E-state index in [4.69, 9.17) is 9.47 Å². The lowest BCUT2D eigenvalue weighted by atomic mass is 10.0. The van der Waals surface area contributed by atoms with Gasteiger partial charge in [0, 0.05) is 6.04 Å². The molecule has 1 saturated heterocycles. The van der Waals surface area contributed by atoms with Gasteiger partial charge in [-0.1, -0.05) is 12.1 Å². The number of para-hydroxylation sites is 1. The number of hydrogen-bond acceptors (Lipinski definition) is 3. The fourth-order valence-corrected chi connectivity index (χ4v) is 2.49. The summed E-state index contributed by atoms with van der Waals surface area (Å²) in [4.78, 5) is 0. The van der Waals surface area contributed by atoms with Gasteiger partial charge in [0.15, 0.2) is 11.5 Å². The van der Waals surface area contributed by atoms with Crippen molar-refractivity contribution in [3.63, 3.8) is 0 Å². The van der Waals surface area contributed by atoms with E-state index in [1.165, 1.54) is 18.4 Å². The molecule has 3 rings (SSSR count). The minimum atomic E-state index is 0.608. The second-order valence-corrected chi connectivity index (χ2v) is 4.44. The van der Waals surface area contributed by atoms with Gasteiger partial charge in [0.2, 0.25) is 0 Å². The molecule has 16 heavy (non-hydrogen) atoms. The molecule has 0 spiro atoms. The number of benzene rings is 1. The monoisotopic (exact) mass is 219 g/mol. The van der Waals surface area contributed by atoms with Crippen LogP contribution in [0.4, 0.5) is 0 Å². The summed E-state index contributed by atoms with van der Waals surface area (Å²) >= 11 is 0. The molecule has 0 aromatic heterocycles. The van der Waals surface area contributed by atoms with E-state index in [1.807, 2.05) is 6.07 Å². The summed E-state index contributed by atoms with van der Waals surface area (Å²) in [5.74, 6) is 1.86. The summed E-state index contributed by atoms with van der Waals surface area (Å²) < 4.78 is 11.3. The molecule has 86 valence electrons. The van der Waals surface area contributed by atoms with Crippen LogP contribution < -0.4 is 14.8 Å². The molecule has 1 N–H and O–H groups in total. The van der Waals surface area contributed by atoms with Crippen LogP contribution in [0.2, 0.25) is 0 Å². The van der Waals surface area contributed by atoms with Crippen molar-refractivity contribution in [2.24, 2.45) is 0 Å². The summed E-state index contributed by atoms with van der Waals surface area (Å²) in [5, 5.41) is 3.52. The van der Waals surface area contributed by atoms with Crippen molar-refractivity contribution in [3.8, 4) is 11.5 Å². The molecule has 0 saturated carbocycles. The van der Waals surface area contributed by atoms with Crippen LogP contribution >= 0.6 is 0 Å². The van der Waals surface area contributed by atoms with Crippen LogP contribution in [-0.2, 0) is 6.42 Å². The second kappa shape index (κ2) is 4.34. The Kier molecular flexibility index (Phi) is 2.70. The van der Waals surface area contributed by atoms with E-state index in [1.54, 1.807) is 0 Å². The van der Waals surface area contributed by atoms with E-state index in [9.17, 15) is 0 Å². The predicted octanol–water partition coefficient (Wildman–Crippen LogP) is 1.75. The highest BCUT2D eigenvalue weighted by Gasteiger charge is 2.20. The van der Waals surface area contributed by atoms with Crippen LogP contribution in [0.25, 0.3) is 0 Å². The average Bonchev–Trinajstić information content (AvgIpc) is 2.82. The number of ether oxygens (including phenoxy) is 2. The third kappa shape index (κ3) is 1.87. The van der Waals surface area contributed by atoms with Gasteiger partial charge in [-0.25, -0.2) is 0 Å². The molecular formula is C13H17NO2. The van der Waals surface area contributed by atoms with Crippen LogP contribution in [0, 0.1) is 0 Å². The lowest BCUT2D eigenvalue weighted by Gasteiger charge is -2.22. The second-order valence-electron chi connectivity index (χ2n) is 4.44. The van der Waals surface area contributed by atoms with Gasteiger partial charge in [0.1, 0.15) is 13.2 Å². The van der Waals surface area contributed by atoms with Crippen molar-refractivity contribution < 1.29 is 9.47 Å². The molecule has 1 fully saturated rings. The Balaban J connectivity index is 1.82.